The van der Waals surface area contributed by atoms with Crippen molar-refractivity contribution in [3.63, 3.8) is 0 Å². The molecule has 0 aromatic heterocycles. The lowest BCUT2D eigenvalue weighted by molar-refractivity contribution is -0.119. The number of hydrogen-bond donors (Lipinski definition) is 2. The summed E-state index contributed by atoms with van der Waals surface area (Å²) < 4.78 is 11.7. The smallest absolute Gasteiger partial charge is 0.217 e. The van der Waals surface area contributed by atoms with E-state index in [9.17, 15) is 4.79 Å². The molecule has 1 aliphatic heterocycles. The zero-order valence-electron chi connectivity index (χ0n) is 17.7. The number of ether oxygens (including phenoxy) is 2. The fourth-order valence-electron chi connectivity index (χ4n) is 4.33. The third kappa shape index (κ3) is 6.02. The molecule has 1 aliphatic carbocycles. The van der Waals surface area contributed by atoms with Crippen molar-refractivity contribution in [2.24, 2.45) is 16.6 Å². The molecule has 29 heavy (non-hydrogen) atoms. The maximum absolute atomic E-state index is 11.3. The Bertz CT molecular complexity index is 716. The summed E-state index contributed by atoms with van der Waals surface area (Å²) >= 11 is 0. The SMILES string of the molecule is CN=C(NCc1ccc(OC2CCCC2)c(OC)c1)N1CCCC(CC(N)=O)C1. The number of amides is 1. The molecule has 1 atom stereocenters. The number of nitrogens with zero attached hydrogens (tertiary/aromatic N) is 2. The Hall–Kier alpha value is -2.44. The van der Waals surface area contributed by atoms with Crippen molar-refractivity contribution in [3.05, 3.63) is 23.8 Å². The van der Waals surface area contributed by atoms with Crippen molar-refractivity contribution in [3.8, 4) is 11.5 Å². The predicted octanol–water partition coefficient (Wildman–Crippen LogP) is 2.68. The zero-order chi connectivity index (χ0) is 20.6. The van der Waals surface area contributed by atoms with Gasteiger partial charge in [-0.05, 0) is 62.1 Å². The number of rotatable bonds is 7. The Morgan fingerprint density at radius 3 is 2.72 bits per heavy atom. The second kappa shape index (κ2) is 10.4. The number of nitrogens with one attached hydrogen (secondary N) is 1. The highest BCUT2D eigenvalue weighted by atomic mass is 16.5. The van der Waals surface area contributed by atoms with Crippen LogP contribution in [0.2, 0.25) is 0 Å². The summed E-state index contributed by atoms with van der Waals surface area (Å²) in [5, 5.41) is 3.44. The second-order valence-electron chi connectivity index (χ2n) is 8.04. The molecule has 3 rings (SSSR count). The van der Waals surface area contributed by atoms with E-state index in [0.29, 0.717) is 25.0 Å². The number of aliphatic imine (C=N–C) groups is 1. The van der Waals surface area contributed by atoms with Crippen LogP contribution in [0.5, 0.6) is 11.5 Å². The second-order valence-corrected chi connectivity index (χ2v) is 8.04. The van der Waals surface area contributed by atoms with Crippen LogP contribution in [0.3, 0.4) is 0 Å². The van der Waals surface area contributed by atoms with Gasteiger partial charge in [0.1, 0.15) is 0 Å². The highest BCUT2D eigenvalue weighted by Crippen LogP contribution is 2.32. The Labute approximate surface area is 173 Å². The minimum Gasteiger partial charge on any atom is -0.493 e. The van der Waals surface area contributed by atoms with Gasteiger partial charge in [0.25, 0.3) is 0 Å². The first-order valence-electron chi connectivity index (χ1n) is 10.7. The van der Waals surface area contributed by atoms with E-state index in [1.807, 2.05) is 12.1 Å². The van der Waals surface area contributed by atoms with Crippen molar-refractivity contribution >= 4 is 11.9 Å². The van der Waals surface area contributed by atoms with Crippen LogP contribution in [0.1, 0.15) is 50.5 Å². The van der Waals surface area contributed by atoms with Crippen molar-refractivity contribution < 1.29 is 14.3 Å². The van der Waals surface area contributed by atoms with Gasteiger partial charge in [-0.25, -0.2) is 0 Å². The first-order valence-corrected chi connectivity index (χ1v) is 10.7. The van der Waals surface area contributed by atoms with Crippen LogP contribution in [0.4, 0.5) is 0 Å². The molecule has 1 unspecified atom stereocenters. The fraction of sp³-hybridized carbons (Fsp3) is 0.636. The highest BCUT2D eigenvalue weighted by molar-refractivity contribution is 5.80. The van der Waals surface area contributed by atoms with E-state index < -0.39 is 0 Å². The number of methoxy groups -OCH3 is 1. The van der Waals surface area contributed by atoms with E-state index in [0.717, 1.165) is 61.8 Å². The molecule has 160 valence electrons. The average molecular weight is 403 g/mol. The van der Waals surface area contributed by atoms with Crippen LogP contribution in [0.15, 0.2) is 23.2 Å². The summed E-state index contributed by atoms with van der Waals surface area (Å²) in [6.45, 7) is 2.39. The van der Waals surface area contributed by atoms with Crippen LogP contribution in [0, 0.1) is 5.92 Å². The largest absolute Gasteiger partial charge is 0.493 e. The van der Waals surface area contributed by atoms with Crippen LogP contribution < -0.4 is 20.5 Å². The van der Waals surface area contributed by atoms with E-state index in [4.69, 9.17) is 15.2 Å². The standard InChI is InChI=1S/C22H34N4O3/c1-24-22(26-11-5-6-17(15-26)13-21(23)27)25-14-16-9-10-19(20(12-16)28-2)29-18-7-3-4-8-18/h9-10,12,17-18H,3-8,11,13-15H2,1-2H3,(H2,23,27)(H,24,25). The van der Waals surface area contributed by atoms with Crippen molar-refractivity contribution in [1.82, 2.24) is 10.2 Å². The number of nitrogens with two attached hydrogens (primary N) is 1. The van der Waals surface area contributed by atoms with Crippen molar-refractivity contribution in [2.45, 2.75) is 57.6 Å². The number of likely N-dealkylation sites (tertiary alicyclic amines) is 1. The summed E-state index contributed by atoms with van der Waals surface area (Å²) in [5.74, 6) is 2.51. The lowest BCUT2D eigenvalue weighted by atomic mass is 9.95. The van der Waals surface area contributed by atoms with E-state index in [2.05, 4.69) is 21.3 Å². The van der Waals surface area contributed by atoms with Gasteiger partial charge in [0.15, 0.2) is 17.5 Å². The van der Waals surface area contributed by atoms with Crippen LogP contribution >= 0.6 is 0 Å². The third-order valence-corrected chi connectivity index (χ3v) is 5.79. The molecule has 2 fully saturated rings. The molecule has 1 amide bonds. The van der Waals surface area contributed by atoms with Gasteiger partial charge in [-0.3, -0.25) is 9.79 Å². The molecule has 1 aromatic carbocycles. The Morgan fingerprint density at radius 2 is 2.03 bits per heavy atom. The van der Waals surface area contributed by atoms with Crippen molar-refractivity contribution in [2.75, 3.05) is 27.2 Å². The third-order valence-electron chi connectivity index (χ3n) is 5.79. The van der Waals surface area contributed by atoms with Gasteiger partial charge in [0, 0.05) is 33.1 Å². The Morgan fingerprint density at radius 1 is 1.24 bits per heavy atom. The summed E-state index contributed by atoms with van der Waals surface area (Å²) in [5.41, 5.74) is 6.48. The molecule has 1 heterocycles. The number of hydrogen-bond acceptors (Lipinski definition) is 4. The summed E-state index contributed by atoms with van der Waals surface area (Å²) in [4.78, 5) is 17.9. The zero-order valence-corrected chi connectivity index (χ0v) is 17.7. The molecule has 7 heteroatoms. The van der Waals surface area contributed by atoms with Crippen LogP contribution in [-0.4, -0.2) is 50.1 Å². The van der Waals surface area contributed by atoms with Crippen molar-refractivity contribution in [1.29, 1.82) is 0 Å². The number of guanidine groups is 1. The normalized spacial score (nSPS) is 20.6. The number of carbonyl (C=O) groups is 1. The lowest BCUT2D eigenvalue weighted by Gasteiger charge is -2.34. The molecule has 1 aromatic rings. The number of benzene rings is 1. The van der Waals surface area contributed by atoms with Gasteiger partial charge in [-0.1, -0.05) is 6.07 Å². The summed E-state index contributed by atoms with van der Waals surface area (Å²) in [6.07, 6.45) is 7.54. The maximum atomic E-state index is 11.3. The summed E-state index contributed by atoms with van der Waals surface area (Å²) in [7, 11) is 3.47. The van der Waals surface area contributed by atoms with Crippen LogP contribution in [-0.2, 0) is 11.3 Å². The topological polar surface area (TPSA) is 89.2 Å². The molecule has 7 nitrogen and oxygen atoms in total. The molecule has 0 spiro atoms. The monoisotopic (exact) mass is 402 g/mol. The van der Waals surface area contributed by atoms with E-state index in [1.54, 1.807) is 14.2 Å². The molecule has 3 N–H and O–H groups in total. The van der Waals surface area contributed by atoms with E-state index in [-0.39, 0.29) is 5.91 Å². The minimum atomic E-state index is -0.230. The molecule has 2 aliphatic rings. The van der Waals surface area contributed by atoms with Gasteiger partial charge >= 0.3 is 0 Å². The van der Waals surface area contributed by atoms with Gasteiger partial charge in [-0.15, -0.1) is 0 Å². The fourth-order valence-corrected chi connectivity index (χ4v) is 4.33. The Kier molecular flexibility index (Phi) is 7.61. The van der Waals surface area contributed by atoms with Gasteiger partial charge < -0.3 is 25.4 Å². The van der Waals surface area contributed by atoms with Gasteiger partial charge in [-0.2, -0.15) is 0 Å². The quantitative estimate of drug-likeness (QED) is 0.541. The van der Waals surface area contributed by atoms with Gasteiger partial charge in [0.2, 0.25) is 5.91 Å². The molecule has 1 saturated carbocycles. The van der Waals surface area contributed by atoms with E-state index in [1.165, 1.54) is 12.8 Å². The maximum Gasteiger partial charge on any atom is 0.217 e. The number of carbonyl (C=O) groups excluding carboxylic acids is 1. The average Bonchev–Trinajstić information content (AvgIpc) is 3.22. The molecule has 0 radical (unpaired) electrons. The molecule has 0 bridgehead atoms. The Balaban J connectivity index is 1.58. The first-order chi connectivity index (χ1) is 14.1. The number of primary amides is 1. The van der Waals surface area contributed by atoms with E-state index >= 15 is 0 Å². The molecular weight excluding hydrogens is 368 g/mol. The molecular formula is C22H34N4O3. The minimum absolute atomic E-state index is 0.230. The first kappa shape index (κ1) is 21.3. The molecule has 1 saturated heterocycles. The highest BCUT2D eigenvalue weighted by Gasteiger charge is 2.23. The summed E-state index contributed by atoms with van der Waals surface area (Å²) in [6, 6.07) is 6.09. The number of piperidine rings is 1. The predicted molar refractivity (Wildman–Crippen MR) is 114 cm³/mol. The van der Waals surface area contributed by atoms with Gasteiger partial charge in [0.05, 0.1) is 13.2 Å². The van der Waals surface area contributed by atoms with Crippen LogP contribution in [0.25, 0.3) is 0 Å². The lowest BCUT2D eigenvalue weighted by Crippen LogP contribution is -2.46.